The van der Waals surface area contributed by atoms with Gasteiger partial charge in [-0.15, -0.1) is 0 Å². The van der Waals surface area contributed by atoms with E-state index in [9.17, 15) is 19.5 Å². The van der Waals surface area contributed by atoms with Gasteiger partial charge in [0.25, 0.3) is 0 Å². The van der Waals surface area contributed by atoms with Crippen LogP contribution >= 0.6 is 0 Å². The SMILES string of the molecule is CCCC[C@H](C)/C=C(\C)C(=O)O[C@@H]1CC[C@H](C(=O)O)[C@@]2(C)C[C@@H](CC=C(C)C)C(=O)C=C12. The Kier molecular flexibility index (Phi) is 9.06. The van der Waals surface area contributed by atoms with E-state index in [0.29, 0.717) is 42.7 Å². The topological polar surface area (TPSA) is 80.7 Å². The Balaban J connectivity index is 2.27. The van der Waals surface area contributed by atoms with E-state index in [4.69, 9.17) is 4.74 Å². The van der Waals surface area contributed by atoms with Crippen molar-refractivity contribution < 1.29 is 24.2 Å². The van der Waals surface area contributed by atoms with E-state index in [-0.39, 0.29) is 17.7 Å². The fraction of sp³-hybridized carbons (Fsp3) is 0.667. The number of hydrogen-bond acceptors (Lipinski definition) is 4. The maximum atomic E-state index is 12.9. The number of allylic oxidation sites excluding steroid dienone is 4. The minimum absolute atomic E-state index is 0.00233. The van der Waals surface area contributed by atoms with Gasteiger partial charge < -0.3 is 9.84 Å². The molecule has 2 aliphatic carbocycles. The highest BCUT2D eigenvalue weighted by Gasteiger charge is 2.52. The van der Waals surface area contributed by atoms with Gasteiger partial charge in [0.05, 0.1) is 5.92 Å². The van der Waals surface area contributed by atoms with Crippen molar-refractivity contribution in [3.8, 4) is 0 Å². The Labute approximate surface area is 193 Å². The van der Waals surface area contributed by atoms with Crippen LogP contribution in [0.4, 0.5) is 0 Å². The summed E-state index contributed by atoms with van der Waals surface area (Å²) in [6, 6.07) is 0. The largest absolute Gasteiger partial charge is 0.481 e. The van der Waals surface area contributed by atoms with Gasteiger partial charge in [-0.25, -0.2) is 4.79 Å². The first kappa shape index (κ1) is 26.1. The second kappa shape index (κ2) is 11.1. The fourth-order valence-electron chi connectivity index (χ4n) is 5.18. The maximum absolute atomic E-state index is 12.9. The first-order chi connectivity index (χ1) is 15.0. The Morgan fingerprint density at radius 2 is 1.97 bits per heavy atom. The van der Waals surface area contributed by atoms with E-state index in [0.717, 1.165) is 24.8 Å². The Morgan fingerprint density at radius 3 is 2.56 bits per heavy atom. The van der Waals surface area contributed by atoms with Gasteiger partial charge in [0.1, 0.15) is 6.10 Å². The summed E-state index contributed by atoms with van der Waals surface area (Å²) in [4.78, 5) is 37.8. The van der Waals surface area contributed by atoms with Gasteiger partial charge in [0.2, 0.25) is 0 Å². The molecule has 5 nitrogen and oxygen atoms in total. The lowest BCUT2D eigenvalue weighted by Crippen LogP contribution is -2.48. The van der Waals surface area contributed by atoms with Gasteiger partial charge >= 0.3 is 11.9 Å². The Morgan fingerprint density at radius 1 is 1.28 bits per heavy atom. The normalized spacial score (nSPS) is 28.9. The molecule has 32 heavy (non-hydrogen) atoms. The van der Waals surface area contributed by atoms with Crippen LogP contribution in [-0.4, -0.2) is 28.9 Å². The first-order valence-electron chi connectivity index (χ1n) is 12.0. The summed E-state index contributed by atoms with van der Waals surface area (Å²) >= 11 is 0. The van der Waals surface area contributed by atoms with Crippen LogP contribution in [-0.2, 0) is 19.1 Å². The van der Waals surface area contributed by atoms with Crippen LogP contribution < -0.4 is 0 Å². The molecule has 5 atom stereocenters. The van der Waals surface area contributed by atoms with Gasteiger partial charge in [-0.2, -0.15) is 0 Å². The molecule has 0 spiro atoms. The molecule has 2 rings (SSSR count). The van der Waals surface area contributed by atoms with Gasteiger partial charge in [0, 0.05) is 16.9 Å². The van der Waals surface area contributed by atoms with Crippen molar-refractivity contribution in [2.24, 2.45) is 23.2 Å². The van der Waals surface area contributed by atoms with E-state index in [1.807, 2.05) is 32.9 Å². The lowest BCUT2D eigenvalue weighted by atomic mass is 9.56. The van der Waals surface area contributed by atoms with Crippen molar-refractivity contribution in [1.29, 1.82) is 0 Å². The molecule has 1 saturated carbocycles. The maximum Gasteiger partial charge on any atom is 0.333 e. The zero-order valence-electron chi connectivity index (χ0n) is 20.6. The average molecular weight is 445 g/mol. The number of unbranched alkanes of at least 4 members (excludes halogenated alkanes) is 1. The summed E-state index contributed by atoms with van der Waals surface area (Å²) in [5, 5.41) is 9.90. The van der Waals surface area contributed by atoms with Gasteiger partial charge in [-0.1, -0.05) is 51.3 Å². The van der Waals surface area contributed by atoms with E-state index < -0.39 is 23.4 Å². The number of carboxylic acid groups (broad SMARTS) is 1. The van der Waals surface area contributed by atoms with E-state index in [1.54, 1.807) is 13.0 Å². The van der Waals surface area contributed by atoms with Gasteiger partial charge in [0.15, 0.2) is 5.78 Å². The summed E-state index contributed by atoms with van der Waals surface area (Å²) < 4.78 is 5.87. The molecular weight excluding hydrogens is 404 g/mol. The highest BCUT2D eigenvalue weighted by atomic mass is 16.5. The molecule has 0 aliphatic heterocycles. The molecule has 0 saturated heterocycles. The summed E-state index contributed by atoms with van der Waals surface area (Å²) in [7, 11) is 0. The first-order valence-corrected chi connectivity index (χ1v) is 12.0. The lowest BCUT2D eigenvalue weighted by Gasteiger charge is -2.48. The quantitative estimate of drug-likeness (QED) is 0.266. The number of aliphatic carboxylic acids is 1. The van der Waals surface area contributed by atoms with Gasteiger partial charge in [-0.05, 0) is 70.4 Å². The number of ether oxygens (including phenoxy) is 1. The van der Waals surface area contributed by atoms with Crippen molar-refractivity contribution in [3.05, 3.63) is 34.9 Å². The minimum atomic E-state index is -0.848. The number of hydrogen-bond donors (Lipinski definition) is 1. The smallest absolute Gasteiger partial charge is 0.333 e. The molecule has 0 heterocycles. The summed E-state index contributed by atoms with van der Waals surface area (Å²) in [5.74, 6) is -1.76. The number of rotatable bonds is 9. The molecule has 0 radical (unpaired) electrons. The molecule has 1 N–H and O–H groups in total. The predicted molar refractivity (Wildman–Crippen MR) is 126 cm³/mol. The van der Waals surface area contributed by atoms with Crippen molar-refractivity contribution in [1.82, 2.24) is 0 Å². The number of ketones is 1. The highest BCUT2D eigenvalue weighted by Crippen LogP contribution is 2.53. The van der Waals surface area contributed by atoms with Crippen molar-refractivity contribution in [2.45, 2.75) is 92.6 Å². The minimum Gasteiger partial charge on any atom is -0.481 e. The molecule has 0 aromatic carbocycles. The fourth-order valence-corrected chi connectivity index (χ4v) is 5.18. The van der Waals surface area contributed by atoms with Crippen LogP contribution in [0.25, 0.3) is 0 Å². The number of esters is 1. The molecule has 0 aromatic heterocycles. The standard InChI is InChI=1S/C27H40O5/c1-7-8-9-18(4)14-19(5)26(31)32-24-13-12-21(25(29)30)27(6)16-20(11-10-17(2)3)23(28)15-22(24)27/h10,14-15,18,20-21,24H,7-9,11-13,16H2,1-6H3,(H,29,30)/b19-14+/t18-,20+,21+,24+,27+/m0/s1. The van der Waals surface area contributed by atoms with Crippen LogP contribution in [0.3, 0.4) is 0 Å². The Hall–Kier alpha value is -2.17. The zero-order chi connectivity index (χ0) is 24.1. The van der Waals surface area contributed by atoms with Crippen LogP contribution in [0, 0.1) is 23.2 Å². The zero-order valence-corrected chi connectivity index (χ0v) is 20.6. The highest BCUT2D eigenvalue weighted by molar-refractivity contribution is 5.95. The van der Waals surface area contributed by atoms with Crippen molar-refractivity contribution in [3.63, 3.8) is 0 Å². The second-order valence-electron chi connectivity index (χ2n) is 10.2. The molecule has 2 aliphatic rings. The molecule has 1 fully saturated rings. The second-order valence-corrected chi connectivity index (χ2v) is 10.2. The number of fused-ring (bicyclic) bond motifs is 1. The van der Waals surface area contributed by atoms with Crippen molar-refractivity contribution >= 4 is 17.7 Å². The van der Waals surface area contributed by atoms with Gasteiger partial charge in [-0.3, -0.25) is 9.59 Å². The lowest BCUT2D eigenvalue weighted by molar-refractivity contribution is -0.153. The predicted octanol–water partition coefficient (Wildman–Crippen LogP) is 6.04. The third kappa shape index (κ3) is 6.20. The molecule has 0 unspecified atom stereocenters. The van der Waals surface area contributed by atoms with E-state index in [1.165, 1.54) is 0 Å². The van der Waals surface area contributed by atoms with Crippen LogP contribution in [0.1, 0.15) is 86.5 Å². The monoisotopic (exact) mass is 444 g/mol. The van der Waals surface area contributed by atoms with Crippen molar-refractivity contribution in [2.75, 3.05) is 0 Å². The van der Waals surface area contributed by atoms with E-state index >= 15 is 0 Å². The molecule has 5 heteroatoms. The molecular formula is C27H40O5. The summed E-state index contributed by atoms with van der Waals surface area (Å²) in [6.07, 6.45) is 10.2. The molecule has 0 bridgehead atoms. The third-order valence-corrected chi connectivity index (χ3v) is 7.09. The van der Waals surface area contributed by atoms with Crippen LogP contribution in [0.2, 0.25) is 0 Å². The summed E-state index contributed by atoms with van der Waals surface area (Å²) in [5.41, 5.74) is 1.68. The van der Waals surface area contributed by atoms with E-state index in [2.05, 4.69) is 13.8 Å². The number of carbonyl (C=O) groups excluding carboxylic acids is 2. The molecule has 178 valence electrons. The number of carboxylic acids is 1. The number of carbonyl (C=O) groups is 3. The van der Waals surface area contributed by atoms with Crippen LogP contribution in [0.5, 0.6) is 0 Å². The average Bonchev–Trinajstić information content (AvgIpc) is 2.71. The molecule has 0 amide bonds. The molecule has 0 aromatic rings. The van der Waals surface area contributed by atoms with Crippen LogP contribution in [0.15, 0.2) is 34.9 Å². The Bertz CT molecular complexity index is 814. The third-order valence-electron chi connectivity index (χ3n) is 7.09. The summed E-state index contributed by atoms with van der Waals surface area (Å²) in [6.45, 7) is 11.9.